The Kier molecular flexibility index (Phi) is 8.24. The van der Waals surface area contributed by atoms with Crippen LogP contribution in [0.2, 0.25) is 10.0 Å². The summed E-state index contributed by atoms with van der Waals surface area (Å²) in [5, 5.41) is 4.91. The second-order valence-corrected chi connectivity index (χ2v) is 10.8. The van der Waals surface area contributed by atoms with Crippen LogP contribution in [0, 0.1) is 0 Å². The number of hydrogen-bond acceptors (Lipinski definition) is 4. The summed E-state index contributed by atoms with van der Waals surface area (Å²) in [6.45, 7) is 0.893. The molecule has 0 aliphatic heterocycles. The molecule has 0 saturated carbocycles. The predicted molar refractivity (Wildman–Crippen MR) is 153 cm³/mol. The van der Waals surface area contributed by atoms with Crippen molar-refractivity contribution < 1.29 is 9.53 Å². The number of benzene rings is 3. The molecule has 7 heteroatoms. The summed E-state index contributed by atoms with van der Waals surface area (Å²) >= 11 is 13.7. The van der Waals surface area contributed by atoms with Crippen LogP contribution in [0.4, 0.5) is 5.00 Å². The van der Waals surface area contributed by atoms with Crippen molar-refractivity contribution in [2.45, 2.75) is 38.8 Å². The lowest BCUT2D eigenvalue weighted by atomic mass is 9.95. The van der Waals surface area contributed by atoms with E-state index in [0.717, 1.165) is 58.7 Å². The van der Waals surface area contributed by atoms with E-state index in [0.29, 0.717) is 23.2 Å². The molecule has 5 rings (SSSR count). The standard InChI is InChI=1S/C30H26Cl2N2O2S/c31-25-15-12-22(16-26(25)32)19-36-23-13-10-21(11-14-23)18-34-30-28(24-8-4-5-9-27(24)37-30)29(35)33-17-20-6-2-1-3-7-20/h1-3,6-7,10-16,18H,4-5,8-9,17,19H2,(H,33,35). The van der Waals surface area contributed by atoms with Gasteiger partial charge >= 0.3 is 0 Å². The number of aliphatic imine (C=N–C) groups is 1. The highest BCUT2D eigenvalue weighted by Crippen LogP contribution is 2.40. The maximum atomic E-state index is 13.2. The first-order valence-electron chi connectivity index (χ1n) is 12.2. The minimum Gasteiger partial charge on any atom is -0.489 e. The molecule has 1 N–H and O–H groups in total. The third-order valence-electron chi connectivity index (χ3n) is 6.28. The molecule has 1 aliphatic carbocycles. The third kappa shape index (κ3) is 6.42. The van der Waals surface area contributed by atoms with Crippen LogP contribution in [0.1, 0.15) is 50.3 Å². The zero-order valence-electron chi connectivity index (χ0n) is 20.2. The van der Waals surface area contributed by atoms with Crippen LogP contribution in [-0.4, -0.2) is 12.1 Å². The average molecular weight is 550 g/mol. The molecule has 3 aromatic carbocycles. The molecular formula is C30H26Cl2N2O2S. The van der Waals surface area contributed by atoms with E-state index >= 15 is 0 Å². The normalized spacial score (nSPS) is 12.9. The number of fused-ring (bicyclic) bond motifs is 1. The maximum absolute atomic E-state index is 13.2. The number of ether oxygens (including phenoxy) is 1. The van der Waals surface area contributed by atoms with Crippen LogP contribution in [0.5, 0.6) is 5.75 Å². The lowest BCUT2D eigenvalue weighted by Gasteiger charge is -2.12. The molecule has 1 amide bonds. The number of nitrogens with one attached hydrogen (secondary N) is 1. The van der Waals surface area contributed by atoms with Crippen molar-refractivity contribution in [3.05, 3.63) is 116 Å². The lowest BCUT2D eigenvalue weighted by Crippen LogP contribution is -2.24. The van der Waals surface area contributed by atoms with Gasteiger partial charge in [0, 0.05) is 17.6 Å². The van der Waals surface area contributed by atoms with E-state index in [2.05, 4.69) is 5.32 Å². The van der Waals surface area contributed by atoms with E-state index in [-0.39, 0.29) is 5.91 Å². The number of carbonyl (C=O) groups is 1. The molecule has 0 unspecified atom stereocenters. The molecular weight excluding hydrogens is 523 g/mol. The summed E-state index contributed by atoms with van der Waals surface area (Å²) in [4.78, 5) is 19.3. The van der Waals surface area contributed by atoms with Gasteiger partial charge in [-0.25, -0.2) is 4.99 Å². The van der Waals surface area contributed by atoms with E-state index in [1.807, 2.05) is 66.9 Å². The monoisotopic (exact) mass is 548 g/mol. The van der Waals surface area contributed by atoms with Gasteiger partial charge in [-0.15, -0.1) is 11.3 Å². The van der Waals surface area contributed by atoms with E-state index in [1.54, 1.807) is 23.5 Å². The van der Waals surface area contributed by atoms with Crippen molar-refractivity contribution in [3.8, 4) is 5.75 Å². The van der Waals surface area contributed by atoms with Gasteiger partial charge in [0.15, 0.2) is 0 Å². The Morgan fingerprint density at radius 3 is 2.51 bits per heavy atom. The number of carbonyl (C=O) groups excluding carboxylic acids is 1. The van der Waals surface area contributed by atoms with Crippen LogP contribution in [0.25, 0.3) is 0 Å². The van der Waals surface area contributed by atoms with E-state index in [1.165, 1.54) is 10.4 Å². The summed E-state index contributed by atoms with van der Waals surface area (Å²) in [6.07, 6.45) is 6.02. The van der Waals surface area contributed by atoms with Crippen molar-refractivity contribution in [2.24, 2.45) is 4.99 Å². The van der Waals surface area contributed by atoms with E-state index in [4.69, 9.17) is 32.9 Å². The van der Waals surface area contributed by atoms with Crippen molar-refractivity contribution in [3.63, 3.8) is 0 Å². The highest BCUT2D eigenvalue weighted by molar-refractivity contribution is 7.16. The number of hydrogen-bond donors (Lipinski definition) is 1. The van der Waals surface area contributed by atoms with Crippen LogP contribution >= 0.6 is 34.5 Å². The fraction of sp³-hybridized carbons (Fsp3) is 0.200. The van der Waals surface area contributed by atoms with Crippen molar-refractivity contribution in [2.75, 3.05) is 0 Å². The molecule has 0 fully saturated rings. The number of amides is 1. The van der Waals surface area contributed by atoms with Gasteiger partial charge in [-0.1, -0.05) is 59.6 Å². The van der Waals surface area contributed by atoms with Crippen LogP contribution < -0.4 is 10.1 Å². The smallest absolute Gasteiger partial charge is 0.254 e. The van der Waals surface area contributed by atoms with Gasteiger partial charge in [0.25, 0.3) is 5.91 Å². The summed E-state index contributed by atoms with van der Waals surface area (Å²) in [7, 11) is 0. The number of aryl methyl sites for hydroxylation is 1. The first kappa shape index (κ1) is 25.5. The molecule has 4 nitrogen and oxygen atoms in total. The zero-order valence-corrected chi connectivity index (χ0v) is 22.5. The van der Waals surface area contributed by atoms with Gasteiger partial charge in [0.05, 0.1) is 15.6 Å². The molecule has 37 heavy (non-hydrogen) atoms. The molecule has 1 aromatic heterocycles. The molecule has 0 spiro atoms. The number of nitrogens with zero attached hydrogens (tertiary/aromatic N) is 1. The second kappa shape index (κ2) is 12.0. The largest absolute Gasteiger partial charge is 0.489 e. The summed E-state index contributed by atoms with van der Waals surface area (Å²) in [5.74, 6) is 0.692. The first-order valence-corrected chi connectivity index (χ1v) is 13.8. The number of rotatable bonds is 8. The number of thiophene rings is 1. The zero-order chi connectivity index (χ0) is 25.6. The topological polar surface area (TPSA) is 50.7 Å². The molecule has 1 aliphatic rings. The summed E-state index contributed by atoms with van der Waals surface area (Å²) in [5.41, 5.74) is 4.85. The predicted octanol–water partition coefficient (Wildman–Crippen LogP) is 8.19. The molecule has 1 heterocycles. The second-order valence-electron chi connectivity index (χ2n) is 8.92. The fourth-order valence-corrected chi connectivity index (χ4v) is 5.87. The quantitative estimate of drug-likeness (QED) is 0.225. The van der Waals surface area contributed by atoms with Crippen LogP contribution in [0.3, 0.4) is 0 Å². The van der Waals surface area contributed by atoms with E-state index < -0.39 is 0 Å². The molecule has 188 valence electrons. The molecule has 0 atom stereocenters. The maximum Gasteiger partial charge on any atom is 0.254 e. The fourth-order valence-electron chi connectivity index (χ4n) is 4.32. The highest BCUT2D eigenvalue weighted by atomic mass is 35.5. The molecule has 0 bridgehead atoms. The lowest BCUT2D eigenvalue weighted by molar-refractivity contribution is 0.0951. The third-order valence-corrected chi connectivity index (χ3v) is 8.22. The Labute approximate surface area is 230 Å². The minimum atomic E-state index is -0.0542. The molecule has 0 radical (unpaired) electrons. The Morgan fingerprint density at radius 1 is 0.946 bits per heavy atom. The van der Waals surface area contributed by atoms with Crippen molar-refractivity contribution >= 4 is 51.7 Å². The Bertz CT molecular complexity index is 1420. The first-order chi connectivity index (χ1) is 18.1. The van der Waals surface area contributed by atoms with E-state index in [9.17, 15) is 4.79 Å². The van der Waals surface area contributed by atoms with Crippen molar-refractivity contribution in [1.29, 1.82) is 0 Å². The minimum absolute atomic E-state index is 0.0542. The summed E-state index contributed by atoms with van der Waals surface area (Å²) < 4.78 is 5.88. The SMILES string of the molecule is O=C(NCc1ccccc1)c1c(N=Cc2ccc(OCc3ccc(Cl)c(Cl)c3)cc2)sc2c1CCCC2. The Morgan fingerprint density at radius 2 is 1.73 bits per heavy atom. The molecule has 4 aromatic rings. The van der Waals surface area contributed by atoms with Crippen LogP contribution in [0.15, 0.2) is 77.8 Å². The number of halogens is 2. The average Bonchev–Trinajstić information content (AvgIpc) is 3.31. The summed E-state index contributed by atoms with van der Waals surface area (Å²) in [6, 6.07) is 23.1. The highest BCUT2D eigenvalue weighted by Gasteiger charge is 2.25. The Balaban J connectivity index is 1.28. The van der Waals surface area contributed by atoms with Gasteiger partial charge in [0.2, 0.25) is 0 Å². The van der Waals surface area contributed by atoms with Gasteiger partial charge in [0.1, 0.15) is 17.4 Å². The van der Waals surface area contributed by atoms with Crippen LogP contribution in [-0.2, 0) is 26.0 Å². The Hall–Kier alpha value is -3.12. The van der Waals surface area contributed by atoms with Crippen molar-refractivity contribution in [1.82, 2.24) is 5.32 Å². The van der Waals surface area contributed by atoms with Gasteiger partial charge in [-0.2, -0.15) is 0 Å². The van der Waals surface area contributed by atoms with Gasteiger partial charge in [-0.05, 0) is 84.3 Å². The van der Waals surface area contributed by atoms with Gasteiger partial charge < -0.3 is 10.1 Å². The van der Waals surface area contributed by atoms with Gasteiger partial charge in [-0.3, -0.25) is 4.79 Å². The molecule has 0 saturated heterocycles.